The van der Waals surface area contributed by atoms with Crippen LogP contribution < -0.4 is 0 Å². The van der Waals surface area contributed by atoms with E-state index in [9.17, 15) is 0 Å². The van der Waals surface area contributed by atoms with Crippen molar-refractivity contribution in [3.8, 4) is 78.8 Å². The Hall–Kier alpha value is -8.60. The lowest BCUT2D eigenvalue weighted by Crippen LogP contribution is -2.01. The third-order valence-corrected chi connectivity index (χ3v) is 12.3. The number of pyridine rings is 1. The fourth-order valence-electron chi connectivity index (χ4n) is 9.01. The first-order valence-corrected chi connectivity index (χ1v) is 21.6. The van der Waals surface area contributed by atoms with Gasteiger partial charge in [-0.3, -0.25) is 4.98 Å². The molecule has 0 atom stereocenters. The van der Waals surface area contributed by atoms with Gasteiger partial charge in [0.2, 0.25) is 0 Å². The SMILES string of the molecule is c1ccc(-c2ccc(-c3cc(-c4ccc(-c5cc6ccccc6c6ccccc56)cc4)cc(-c4nc(-c5ccc6ccccc6c5)nc(-c5ccc6ccccc6c5)n4)c3)cc2)nc1. The molecule has 4 heteroatoms. The summed E-state index contributed by atoms with van der Waals surface area (Å²) in [5.74, 6) is 1.85. The summed E-state index contributed by atoms with van der Waals surface area (Å²) in [6.07, 6.45) is 1.83. The molecule has 64 heavy (non-hydrogen) atoms. The predicted molar refractivity (Wildman–Crippen MR) is 266 cm³/mol. The molecule has 0 spiro atoms. The summed E-state index contributed by atoms with van der Waals surface area (Å²) in [6, 6.07) is 79.6. The Morgan fingerprint density at radius 1 is 0.234 bits per heavy atom. The van der Waals surface area contributed by atoms with Gasteiger partial charge in [0.25, 0.3) is 0 Å². The molecule has 2 aromatic heterocycles. The third kappa shape index (κ3) is 6.94. The van der Waals surface area contributed by atoms with Gasteiger partial charge in [-0.1, -0.05) is 176 Å². The van der Waals surface area contributed by atoms with E-state index in [0.717, 1.165) is 61.0 Å². The molecule has 12 rings (SSSR count). The fourth-order valence-corrected chi connectivity index (χ4v) is 9.01. The van der Waals surface area contributed by atoms with Crippen LogP contribution in [0.1, 0.15) is 0 Å². The normalized spacial score (nSPS) is 11.4. The molecule has 0 aliphatic carbocycles. The second-order valence-electron chi connectivity index (χ2n) is 16.3. The first-order chi connectivity index (χ1) is 31.7. The van der Waals surface area contributed by atoms with Crippen molar-refractivity contribution in [2.24, 2.45) is 0 Å². The minimum Gasteiger partial charge on any atom is -0.256 e. The van der Waals surface area contributed by atoms with E-state index in [1.807, 2.05) is 24.4 Å². The van der Waals surface area contributed by atoms with Crippen molar-refractivity contribution in [2.45, 2.75) is 0 Å². The van der Waals surface area contributed by atoms with Gasteiger partial charge in [-0.05, 0) is 125 Å². The Balaban J connectivity index is 1.03. The van der Waals surface area contributed by atoms with Crippen molar-refractivity contribution in [3.05, 3.63) is 231 Å². The van der Waals surface area contributed by atoms with Crippen molar-refractivity contribution < 1.29 is 0 Å². The van der Waals surface area contributed by atoms with E-state index in [1.54, 1.807) is 0 Å². The van der Waals surface area contributed by atoms with Crippen LogP contribution in [0.3, 0.4) is 0 Å². The van der Waals surface area contributed by atoms with E-state index in [4.69, 9.17) is 15.0 Å². The summed E-state index contributed by atoms with van der Waals surface area (Å²) in [6.45, 7) is 0. The number of benzene rings is 10. The summed E-state index contributed by atoms with van der Waals surface area (Å²) < 4.78 is 0. The maximum Gasteiger partial charge on any atom is 0.164 e. The Kier molecular flexibility index (Phi) is 9.12. The van der Waals surface area contributed by atoms with Gasteiger partial charge in [-0.15, -0.1) is 0 Å². The van der Waals surface area contributed by atoms with Gasteiger partial charge in [-0.25, -0.2) is 15.0 Å². The number of hydrogen-bond acceptors (Lipinski definition) is 4. The number of hydrogen-bond donors (Lipinski definition) is 0. The maximum atomic E-state index is 5.27. The zero-order valence-electron chi connectivity index (χ0n) is 34.7. The molecule has 10 aromatic carbocycles. The molecule has 298 valence electrons. The lowest BCUT2D eigenvalue weighted by molar-refractivity contribution is 1.08. The van der Waals surface area contributed by atoms with Gasteiger partial charge in [0.1, 0.15) is 0 Å². The maximum absolute atomic E-state index is 5.27. The lowest BCUT2D eigenvalue weighted by Gasteiger charge is -2.14. The second-order valence-corrected chi connectivity index (χ2v) is 16.3. The quantitative estimate of drug-likeness (QED) is 0.150. The van der Waals surface area contributed by atoms with Crippen LogP contribution in [0.15, 0.2) is 231 Å². The highest BCUT2D eigenvalue weighted by Crippen LogP contribution is 2.38. The molecule has 0 bridgehead atoms. The highest BCUT2D eigenvalue weighted by Gasteiger charge is 2.17. The largest absolute Gasteiger partial charge is 0.256 e. The summed E-state index contributed by atoms with van der Waals surface area (Å²) in [5, 5.41) is 9.60. The Morgan fingerprint density at radius 3 is 1.25 bits per heavy atom. The molecule has 0 fully saturated rings. The highest BCUT2D eigenvalue weighted by molar-refractivity contribution is 6.13. The van der Waals surface area contributed by atoms with Gasteiger partial charge >= 0.3 is 0 Å². The van der Waals surface area contributed by atoms with Crippen LogP contribution in [0.2, 0.25) is 0 Å². The molecular weight excluding hydrogens is 777 g/mol. The zero-order valence-corrected chi connectivity index (χ0v) is 34.7. The van der Waals surface area contributed by atoms with Crippen LogP contribution in [-0.4, -0.2) is 19.9 Å². The zero-order chi connectivity index (χ0) is 42.4. The molecule has 2 heterocycles. The van der Waals surface area contributed by atoms with Crippen molar-refractivity contribution in [3.63, 3.8) is 0 Å². The molecule has 0 radical (unpaired) electrons. The molecular formula is C60H38N4. The summed E-state index contributed by atoms with van der Waals surface area (Å²) in [7, 11) is 0. The molecule has 0 aliphatic rings. The molecule has 4 nitrogen and oxygen atoms in total. The van der Waals surface area contributed by atoms with Crippen molar-refractivity contribution in [1.82, 2.24) is 19.9 Å². The Bertz CT molecular complexity index is 3610. The Labute approximate surface area is 370 Å². The standard InChI is InChI=1S/C60H38N4/c1-3-13-45-33-48(30-24-39(45)11-1)58-62-59(49-31-25-40-12-2-4-14-46(40)34-49)64-60(63-58)52-36-50(35-51(37-52)42-22-28-44(29-23-42)57-19-9-10-32-61-57)41-20-26-43(27-21-41)56-38-47-15-5-6-16-53(47)54-17-7-8-18-55(54)56/h1-38H. The summed E-state index contributed by atoms with van der Waals surface area (Å²) in [5.41, 5.74) is 11.5. The van der Waals surface area contributed by atoms with E-state index >= 15 is 0 Å². The van der Waals surface area contributed by atoms with Crippen LogP contribution in [0.5, 0.6) is 0 Å². The minimum absolute atomic E-state index is 0.605. The molecule has 0 unspecified atom stereocenters. The summed E-state index contributed by atoms with van der Waals surface area (Å²) in [4.78, 5) is 20.3. The average Bonchev–Trinajstić information content (AvgIpc) is 3.38. The van der Waals surface area contributed by atoms with Crippen molar-refractivity contribution in [1.29, 1.82) is 0 Å². The van der Waals surface area contributed by atoms with E-state index < -0.39 is 0 Å². The minimum atomic E-state index is 0.605. The third-order valence-electron chi connectivity index (χ3n) is 12.3. The first kappa shape index (κ1) is 37.2. The van der Waals surface area contributed by atoms with Crippen molar-refractivity contribution in [2.75, 3.05) is 0 Å². The number of nitrogens with zero attached hydrogens (tertiary/aromatic N) is 4. The second kappa shape index (κ2) is 15.7. The number of fused-ring (bicyclic) bond motifs is 5. The van der Waals surface area contributed by atoms with Gasteiger partial charge in [0.05, 0.1) is 5.69 Å². The lowest BCUT2D eigenvalue weighted by atomic mass is 9.91. The smallest absolute Gasteiger partial charge is 0.164 e. The van der Waals surface area contributed by atoms with Crippen LogP contribution in [0, 0.1) is 0 Å². The monoisotopic (exact) mass is 814 g/mol. The molecule has 0 saturated carbocycles. The predicted octanol–water partition coefficient (Wildman–Crippen LogP) is 15.5. The number of aromatic nitrogens is 4. The van der Waals surface area contributed by atoms with Crippen molar-refractivity contribution >= 4 is 43.1 Å². The average molecular weight is 815 g/mol. The molecule has 0 aliphatic heterocycles. The van der Waals surface area contributed by atoms with Gasteiger partial charge in [0.15, 0.2) is 17.5 Å². The van der Waals surface area contributed by atoms with E-state index in [1.165, 1.54) is 43.4 Å². The van der Waals surface area contributed by atoms with Gasteiger partial charge < -0.3 is 0 Å². The van der Waals surface area contributed by atoms with E-state index in [-0.39, 0.29) is 0 Å². The molecule has 12 aromatic rings. The van der Waals surface area contributed by atoms with Crippen LogP contribution >= 0.6 is 0 Å². The first-order valence-electron chi connectivity index (χ1n) is 21.6. The summed E-state index contributed by atoms with van der Waals surface area (Å²) >= 11 is 0. The van der Waals surface area contributed by atoms with Crippen LogP contribution in [-0.2, 0) is 0 Å². The van der Waals surface area contributed by atoms with Crippen LogP contribution in [0.4, 0.5) is 0 Å². The van der Waals surface area contributed by atoms with Gasteiger partial charge in [-0.2, -0.15) is 0 Å². The van der Waals surface area contributed by atoms with Gasteiger partial charge in [0, 0.05) is 28.5 Å². The van der Waals surface area contributed by atoms with E-state index in [2.05, 4.69) is 211 Å². The Morgan fingerprint density at radius 2 is 0.672 bits per heavy atom. The number of rotatable bonds is 7. The van der Waals surface area contributed by atoms with E-state index in [0.29, 0.717) is 17.5 Å². The molecule has 0 saturated heterocycles. The highest BCUT2D eigenvalue weighted by atomic mass is 15.0. The topological polar surface area (TPSA) is 51.6 Å². The molecule has 0 amide bonds. The van der Waals surface area contributed by atoms with Crippen LogP contribution in [0.25, 0.3) is 122 Å². The molecule has 0 N–H and O–H groups in total. The fraction of sp³-hybridized carbons (Fsp3) is 0.